The highest BCUT2D eigenvalue weighted by Gasteiger charge is 2.07. The van der Waals surface area contributed by atoms with Gasteiger partial charge in [-0.3, -0.25) is 4.79 Å². The maximum atomic E-state index is 12.8. The van der Waals surface area contributed by atoms with Gasteiger partial charge in [0.15, 0.2) is 0 Å². The van der Waals surface area contributed by atoms with Crippen LogP contribution in [0, 0.1) is 5.82 Å². The summed E-state index contributed by atoms with van der Waals surface area (Å²) in [6.45, 7) is 0.0505. The molecule has 0 aliphatic rings. The van der Waals surface area contributed by atoms with Crippen molar-refractivity contribution < 1.29 is 23.1 Å². The molecule has 1 aromatic heterocycles. The minimum atomic E-state index is -0.614. The predicted octanol–water partition coefficient (Wildman–Crippen LogP) is 4.11. The van der Waals surface area contributed by atoms with Gasteiger partial charge in [0.2, 0.25) is 11.2 Å². The summed E-state index contributed by atoms with van der Waals surface area (Å²) in [7, 11) is 0. The lowest BCUT2D eigenvalue weighted by molar-refractivity contribution is -0.139. The van der Waals surface area contributed by atoms with Crippen LogP contribution in [-0.4, -0.2) is 5.97 Å². The first-order chi connectivity index (χ1) is 13.6. The normalized spacial score (nSPS) is 10.8. The Bertz CT molecular complexity index is 1010. The summed E-state index contributed by atoms with van der Waals surface area (Å²) in [5.41, 5.74) is 1.22. The molecule has 0 spiro atoms. The molecule has 2 aromatic carbocycles. The monoisotopic (exact) mass is 380 g/mol. The summed E-state index contributed by atoms with van der Waals surface area (Å²) >= 11 is 0. The summed E-state index contributed by atoms with van der Waals surface area (Å²) in [6, 6.07) is 16.3. The van der Waals surface area contributed by atoms with Crippen LogP contribution >= 0.6 is 0 Å². The molecule has 0 radical (unpaired) electrons. The molecule has 0 unspecified atom stereocenters. The van der Waals surface area contributed by atoms with E-state index in [1.54, 1.807) is 0 Å². The summed E-state index contributed by atoms with van der Waals surface area (Å²) in [5.74, 6) is -0.696. The maximum Gasteiger partial charge on any atom is 0.331 e. The second-order valence-electron chi connectivity index (χ2n) is 5.84. The number of hydrogen-bond acceptors (Lipinski definition) is 5. The van der Waals surface area contributed by atoms with Crippen molar-refractivity contribution in [2.75, 3.05) is 0 Å². The lowest BCUT2D eigenvalue weighted by atomic mass is 10.2. The van der Waals surface area contributed by atoms with Crippen LogP contribution in [0.3, 0.4) is 0 Å². The van der Waals surface area contributed by atoms with Gasteiger partial charge in [-0.15, -0.1) is 0 Å². The van der Waals surface area contributed by atoms with Gasteiger partial charge in [0.1, 0.15) is 31.1 Å². The Morgan fingerprint density at radius 3 is 2.50 bits per heavy atom. The predicted molar refractivity (Wildman–Crippen MR) is 101 cm³/mol. The van der Waals surface area contributed by atoms with Crippen LogP contribution in [0.1, 0.15) is 16.9 Å². The van der Waals surface area contributed by atoms with Crippen LogP contribution in [0.25, 0.3) is 6.08 Å². The van der Waals surface area contributed by atoms with E-state index in [-0.39, 0.29) is 36.0 Å². The van der Waals surface area contributed by atoms with Crippen molar-refractivity contribution in [1.29, 1.82) is 0 Å². The van der Waals surface area contributed by atoms with Crippen molar-refractivity contribution in [2.45, 2.75) is 13.2 Å². The van der Waals surface area contributed by atoms with Crippen LogP contribution in [-0.2, 0) is 22.7 Å². The van der Waals surface area contributed by atoms with E-state index in [0.29, 0.717) is 5.56 Å². The SMILES string of the molecule is O=C(/C=C/c1ccc(F)cc1)OCc1cc(=O)c(OCc2ccccc2)co1. The van der Waals surface area contributed by atoms with Gasteiger partial charge in [0.25, 0.3) is 0 Å². The fraction of sp³-hybridized carbons (Fsp3) is 0.0909. The molecule has 5 nitrogen and oxygen atoms in total. The molecule has 0 fully saturated rings. The second-order valence-corrected chi connectivity index (χ2v) is 5.84. The van der Waals surface area contributed by atoms with Gasteiger partial charge in [0.05, 0.1) is 0 Å². The molecule has 0 amide bonds. The quantitative estimate of drug-likeness (QED) is 0.456. The van der Waals surface area contributed by atoms with E-state index in [1.807, 2.05) is 30.3 Å². The molecular weight excluding hydrogens is 363 g/mol. The minimum Gasteiger partial charge on any atom is -0.482 e. The summed E-state index contributed by atoms with van der Waals surface area (Å²) in [5, 5.41) is 0. The topological polar surface area (TPSA) is 65.7 Å². The third-order valence-corrected chi connectivity index (χ3v) is 3.73. The van der Waals surface area contributed by atoms with E-state index in [4.69, 9.17) is 13.9 Å². The number of halogens is 1. The van der Waals surface area contributed by atoms with Gasteiger partial charge < -0.3 is 13.9 Å². The van der Waals surface area contributed by atoms with Gasteiger partial charge in [-0.05, 0) is 29.3 Å². The second kappa shape index (κ2) is 9.32. The van der Waals surface area contributed by atoms with Gasteiger partial charge in [0, 0.05) is 12.1 Å². The first-order valence-electron chi connectivity index (χ1n) is 8.49. The van der Waals surface area contributed by atoms with Gasteiger partial charge in [-0.1, -0.05) is 42.5 Å². The molecule has 6 heteroatoms. The van der Waals surface area contributed by atoms with Crippen LogP contribution in [0.5, 0.6) is 5.75 Å². The molecule has 0 saturated carbocycles. The Hall–Kier alpha value is -3.67. The Morgan fingerprint density at radius 1 is 1.04 bits per heavy atom. The molecular formula is C22H17FO5. The highest BCUT2D eigenvalue weighted by molar-refractivity contribution is 5.86. The van der Waals surface area contributed by atoms with Crippen LogP contribution < -0.4 is 10.2 Å². The van der Waals surface area contributed by atoms with Crippen molar-refractivity contribution in [3.8, 4) is 5.75 Å². The van der Waals surface area contributed by atoms with E-state index in [9.17, 15) is 14.0 Å². The number of benzene rings is 2. The van der Waals surface area contributed by atoms with Crippen LogP contribution in [0.2, 0.25) is 0 Å². The number of hydrogen-bond donors (Lipinski definition) is 0. The van der Waals surface area contributed by atoms with E-state index >= 15 is 0 Å². The first kappa shape index (κ1) is 19.1. The highest BCUT2D eigenvalue weighted by atomic mass is 19.1. The summed E-state index contributed by atoms with van der Waals surface area (Å²) in [6.07, 6.45) is 3.91. The summed E-state index contributed by atoms with van der Waals surface area (Å²) < 4.78 is 28.6. The van der Waals surface area contributed by atoms with Crippen molar-refractivity contribution in [1.82, 2.24) is 0 Å². The molecule has 3 rings (SSSR count). The van der Waals surface area contributed by atoms with Crippen molar-refractivity contribution in [2.24, 2.45) is 0 Å². The van der Waals surface area contributed by atoms with E-state index < -0.39 is 5.97 Å². The van der Waals surface area contributed by atoms with E-state index in [1.165, 1.54) is 48.7 Å². The number of carbonyl (C=O) groups is 1. The molecule has 0 atom stereocenters. The van der Waals surface area contributed by atoms with Gasteiger partial charge in [-0.25, -0.2) is 9.18 Å². The average Bonchev–Trinajstić information content (AvgIpc) is 2.72. The highest BCUT2D eigenvalue weighted by Crippen LogP contribution is 2.10. The standard InChI is InChI=1S/C22H17FO5/c23-18-9-6-16(7-10-18)8-11-22(25)28-14-19-12-20(24)21(15-26-19)27-13-17-4-2-1-3-5-17/h1-12,15H,13-14H2/b11-8+. The molecule has 3 aromatic rings. The van der Waals surface area contributed by atoms with Crippen molar-refractivity contribution >= 4 is 12.0 Å². The molecule has 142 valence electrons. The fourth-order valence-electron chi connectivity index (χ4n) is 2.28. The molecule has 1 heterocycles. The largest absolute Gasteiger partial charge is 0.482 e. The number of rotatable bonds is 7. The van der Waals surface area contributed by atoms with Crippen molar-refractivity contribution in [3.63, 3.8) is 0 Å². The van der Waals surface area contributed by atoms with Crippen LogP contribution in [0.15, 0.2) is 82.2 Å². The molecule has 0 saturated heterocycles. The zero-order chi connectivity index (χ0) is 19.8. The Balaban J connectivity index is 1.51. The fourth-order valence-corrected chi connectivity index (χ4v) is 2.28. The number of carbonyl (C=O) groups excluding carboxylic acids is 1. The number of esters is 1. The smallest absolute Gasteiger partial charge is 0.331 e. The maximum absolute atomic E-state index is 12.8. The third kappa shape index (κ3) is 5.67. The zero-order valence-electron chi connectivity index (χ0n) is 14.8. The Labute approximate surface area is 160 Å². The molecule has 0 N–H and O–H groups in total. The minimum absolute atomic E-state index is 0.0788. The Morgan fingerprint density at radius 2 is 1.79 bits per heavy atom. The van der Waals surface area contributed by atoms with E-state index in [0.717, 1.165) is 5.56 Å². The number of ether oxygens (including phenoxy) is 2. The Kier molecular flexibility index (Phi) is 6.36. The van der Waals surface area contributed by atoms with Crippen molar-refractivity contribution in [3.05, 3.63) is 106 Å². The third-order valence-electron chi connectivity index (χ3n) is 3.73. The molecule has 0 aliphatic heterocycles. The molecule has 28 heavy (non-hydrogen) atoms. The van der Waals surface area contributed by atoms with Gasteiger partial charge >= 0.3 is 5.97 Å². The molecule has 0 bridgehead atoms. The zero-order valence-corrected chi connectivity index (χ0v) is 14.8. The van der Waals surface area contributed by atoms with E-state index in [2.05, 4.69) is 0 Å². The molecule has 0 aliphatic carbocycles. The van der Waals surface area contributed by atoms with Crippen LogP contribution in [0.4, 0.5) is 4.39 Å². The summed E-state index contributed by atoms with van der Waals surface area (Å²) in [4.78, 5) is 23.8. The van der Waals surface area contributed by atoms with Gasteiger partial charge in [-0.2, -0.15) is 0 Å². The lowest BCUT2D eigenvalue weighted by Gasteiger charge is -2.06. The first-order valence-corrected chi connectivity index (χ1v) is 8.49. The average molecular weight is 380 g/mol. The lowest BCUT2D eigenvalue weighted by Crippen LogP contribution is -2.09.